The van der Waals surface area contributed by atoms with Crippen LogP contribution in [0.25, 0.3) is 5.70 Å². The van der Waals surface area contributed by atoms with Crippen LogP contribution in [0.5, 0.6) is 11.5 Å². The van der Waals surface area contributed by atoms with Crippen LogP contribution < -0.4 is 19.8 Å². The van der Waals surface area contributed by atoms with Gasteiger partial charge in [-0.3, -0.25) is 0 Å². The van der Waals surface area contributed by atoms with Crippen molar-refractivity contribution in [3.05, 3.63) is 65.2 Å². The van der Waals surface area contributed by atoms with E-state index in [-0.39, 0.29) is 11.8 Å². The molecule has 30 heavy (non-hydrogen) atoms. The number of aryl methyl sites for hydroxylation is 1. The Morgan fingerprint density at radius 2 is 1.87 bits per heavy atom. The van der Waals surface area contributed by atoms with Crippen LogP contribution in [0.2, 0.25) is 0 Å². The zero-order chi connectivity index (χ0) is 20.9. The summed E-state index contributed by atoms with van der Waals surface area (Å²) in [5.74, 6) is 1.72. The largest absolute Gasteiger partial charge is 0.493 e. The molecular formula is C25H32N3O2+. The van der Waals surface area contributed by atoms with Crippen molar-refractivity contribution in [2.75, 3.05) is 20.2 Å². The summed E-state index contributed by atoms with van der Waals surface area (Å²) in [4.78, 5) is 1.65. The third-order valence-corrected chi connectivity index (χ3v) is 6.98. The van der Waals surface area contributed by atoms with Gasteiger partial charge in [0.25, 0.3) is 0 Å². The molecule has 5 rings (SSSR count). The number of para-hydroxylation sites is 1. The van der Waals surface area contributed by atoms with Crippen LogP contribution in [-0.4, -0.2) is 37.0 Å². The first kappa shape index (κ1) is 19.5. The number of rotatable bonds is 3. The van der Waals surface area contributed by atoms with Crippen LogP contribution in [0.3, 0.4) is 0 Å². The first-order valence-electron chi connectivity index (χ1n) is 11.1. The molecule has 3 aliphatic rings. The standard InChI is InChI=1S/C25H31N3O2/c1-17(2)27-14-12-25(13-15-27)28-22(20-6-5-7-23(29-4)24(20)30-25)16-21(26-28)19-10-8-18(3)9-11-19/h5-11,16-17,22,26H,12-15H2,1-4H3/p+1/t22-/m0/s1. The fraction of sp³-hybridized carbons (Fsp3) is 0.440. The number of hydrogen-bond acceptors (Lipinski definition) is 4. The lowest BCUT2D eigenvalue weighted by molar-refractivity contribution is -0.929. The summed E-state index contributed by atoms with van der Waals surface area (Å²) in [7, 11) is 1.73. The fourth-order valence-corrected chi connectivity index (χ4v) is 5.10. The maximum absolute atomic E-state index is 6.82. The van der Waals surface area contributed by atoms with Gasteiger partial charge in [-0.25, -0.2) is 0 Å². The van der Waals surface area contributed by atoms with E-state index >= 15 is 0 Å². The van der Waals surface area contributed by atoms with Gasteiger partial charge in [-0.15, -0.1) is 0 Å². The lowest BCUT2D eigenvalue weighted by atomic mass is 9.92. The molecule has 3 aliphatic heterocycles. The van der Waals surface area contributed by atoms with Gasteiger partial charge in [0.2, 0.25) is 0 Å². The van der Waals surface area contributed by atoms with Gasteiger partial charge in [0.15, 0.2) is 17.2 Å². The number of methoxy groups -OCH3 is 1. The van der Waals surface area contributed by atoms with Crippen LogP contribution in [0, 0.1) is 6.92 Å². The first-order chi connectivity index (χ1) is 14.5. The van der Waals surface area contributed by atoms with Crippen molar-refractivity contribution in [1.82, 2.24) is 10.4 Å². The number of fused-ring (bicyclic) bond motifs is 4. The van der Waals surface area contributed by atoms with Gasteiger partial charge < -0.3 is 19.8 Å². The van der Waals surface area contributed by atoms with E-state index in [9.17, 15) is 0 Å². The van der Waals surface area contributed by atoms with E-state index in [1.807, 2.05) is 6.07 Å². The number of likely N-dealkylation sites (tertiary alicyclic amines) is 1. The van der Waals surface area contributed by atoms with Crippen molar-refractivity contribution in [3.63, 3.8) is 0 Å². The number of benzene rings is 2. The minimum atomic E-state index is -0.367. The quantitative estimate of drug-likeness (QED) is 0.822. The number of nitrogens with zero attached hydrogens (tertiary/aromatic N) is 1. The number of hydrazine groups is 1. The second-order valence-corrected chi connectivity index (χ2v) is 9.11. The van der Waals surface area contributed by atoms with E-state index in [0.29, 0.717) is 6.04 Å². The van der Waals surface area contributed by atoms with Gasteiger partial charge in [-0.05, 0) is 38.5 Å². The Hall–Kier alpha value is -2.50. The summed E-state index contributed by atoms with van der Waals surface area (Å²) >= 11 is 0. The fourth-order valence-electron chi connectivity index (χ4n) is 5.10. The molecule has 1 saturated heterocycles. The Morgan fingerprint density at radius 3 is 2.53 bits per heavy atom. The minimum absolute atomic E-state index is 0.126. The average Bonchev–Trinajstić information content (AvgIpc) is 3.21. The predicted octanol–water partition coefficient (Wildman–Crippen LogP) is 3.08. The molecule has 0 unspecified atom stereocenters. The van der Waals surface area contributed by atoms with E-state index < -0.39 is 0 Å². The smallest absolute Gasteiger partial charge is 0.191 e. The number of piperidine rings is 1. The Morgan fingerprint density at radius 1 is 1.13 bits per heavy atom. The minimum Gasteiger partial charge on any atom is -0.493 e. The molecule has 2 aromatic rings. The number of nitrogens with one attached hydrogen (secondary N) is 2. The van der Waals surface area contributed by atoms with Gasteiger partial charge >= 0.3 is 0 Å². The van der Waals surface area contributed by atoms with Crippen molar-refractivity contribution < 1.29 is 14.4 Å². The second-order valence-electron chi connectivity index (χ2n) is 9.11. The molecule has 0 aromatic heterocycles. The second kappa shape index (κ2) is 7.33. The van der Waals surface area contributed by atoms with Gasteiger partial charge in [0.05, 0.1) is 50.8 Å². The zero-order valence-corrected chi connectivity index (χ0v) is 18.4. The molecule has 2 N–H and O–H groups in total. The number of quaternary nitrogens is 1. The van der Waals surface area contributed by atoms with Crippen molar-refractivity contribution in [3.8, 4) is 11.5 Å². The van der Waals surface area contributed by atoms with Crippen LogP contribution in [0.1, 0.15) is 49.4 Å². The molecule has 1 atom stereocenters. The summed E-state index contributed by atoms with van der Waals surface area (Å²) in [5.41, 5.74) is 8.15. The van der Waals surface area contributed by atoms with Crippen molar-refractivity contribution in [1.29, 1.82) is 0 Å². The molecule has 3 heterocycles. The first-order valence-corrected chi connectivity index (χ1v) is 11.1. The molecule has 0 aliphatic carbocycles. The van der Waals surface area contributed by atoms with E-state index in [1.165, 1.54) is 11.1 Å². The molecule has 0 saturated carbocycles. The van der Waals surface area contributed by atoms with E-state index in [1.54, 1.807) is 12.0 Å². The molecule has 158 valence electrons. The Kier molecular flexibility index (Phi) is 4.75. The highest BCUT2D eigenvalue weighted by atomic mass is 16.5. The molecule has 0 bridgehead atoms. The lowest BCUT2D eigenvalue weighted by Crippen LogP contribution is -3.16. The Bertz CT molecular complexity index is 959. The summed E-state index contributed by atoms with van der Waals surface area (Å²) in [5, 5.41) is 2.36. The van der Waals surface area contributed by atoms with Crippen molar-refractivity contribution >= 4 is 5.70 Å². The number of hydrogen-bond donors (Lipinski definition) is 2. The molecule has 0 amide bonds. The SMILES string of the molecule is COc1cccc2c1OC1(CC[NH+](C(C)C)CC1)N1NC(c3ccc(C)cc3)=C[C@@H]21. The normalized spacial score (nSPS) is 27.8. The van der Waals surface area contributed by atoms with Crippen molar-refractivity contribution in [2.24, 2.45) is 0 Å². The number of ether oxygens (including phenoxy) is 2. The van der Waals surface area contributed by atoms with Gasteiger partial charge in [0.1, 0.15) is 0 Å². The monoisotopic (exact) mass is 406 g/mol. The van der Waals surface area contributed by atoms with Gasteiger partial charge in [0, 0.05) is 5.56 Å². The topological polar surface area (TPSA) is 38.2 Å². The predicted molar refractivity (Wildman–Crippen MR) is 118 cm³/mol. The molecule has 0 radical (unpaired) electrons. The summed E-state index contributed by atoms with van der Waals surface area (Å²) < 4.78 is 12.5. The molecule has 2 aromatic carbocycles. The zero-order valence-electron chi connectivity index (χ0n) is 18.4. The Balaban J connectivity index is 1.55. The van der Waals surface area contributed by atoms with E-state index in [0.717, 1.165) is 48.7 Å². The highest BCUT2D eigenvalue weighted by Gasteiger charge is 2.53. The van der Waals surface area contributed by atoms with Crippen LogP contribution in [-0.2, 0) is 0 Å². The third kappa shape index (κ3) is 3.08. The summed E-state index contributed by atoms with van der Waals surface area (Å²) in [6, 6.07) is 15.7. The third-order valence-electron chi connectivity index (χ3n) is 6.98. The van der Waals surface area contributed by atoms with Crippen LogP contribution in [0.4, 0.5) is 0 Å². The van der Waals surface area contributed by atoms with E-state index in [4.69, 9.17) is 9.47 Å². The van der Waals surface area contributed by atoms with E-state index in [2.05, 4.69) is 73.7 Å². The maximum Gasteiger partial charge on any atom is 0.191 e. The molecule has 5 heteroatoms. The molecule has 1 fully saturated rings. The maximum atomic E-state index is 6.82. The Labute approximate surface area is 179 Å². The molecule has 1 spiro atoms. The van der Waals surface area contributed by atoms with Gasteiger partial charge in [-0.1, -0.05) is 42.0 Å². The summed E-state index contributed by atoms with van der Waals surface area (Å²) in [6.07, 6.45) is 4.31. The van der Waals surface area contributed by atoms with Crippen LogP contribution in [0.15, 0.2) is 48.5 Å². The van der Waals surface area contributed by atoms with Crippen molar-refractivity contribution in [2.45, 2.75) is 51.4 Å². The van der Waals surface area contributed by atoms with Crippen LogP contribution >= 0.6 is 0 Å². The lowest BCUT2D eigenvalue weighted by Gasteiger charge is -2.51. The highest BCUT2D eigenvalue weighted by molar-refractivity contribution is 5.68. The summed E-state index contributed by atoms with van der Waals surface area (Å²) in [6.45, 7) is 8.95. The highest BCUT2D eigenvalue weighted by Crippen LogP contribution is 2.50. The molecular weight excluding hydrogens is 374 g/mol. The molecule has 5 nitrogen and oxygen atoms in total. The van der Waals surface area contributed by atoms with Gasteiger partial charge in [-0.2, -0.15) is 5.01 Å². The average molecular weight is 407 g/mol.